The van der Waals surface area contributed by atoms with E-state index < -0.39 is 0 Å². The Morgan fingerprint density at radius 1 is 1.29 bits per heavy atom. The monoisotopic (exact) mass is 344 g/mol. The average Bonchev–Trinajstić information content (AvgIpc) is 3.29. The molecular weight excluding hydrogens is 316 g/mol. The molecule has 0 bridgehead atoms. The van der Waals surface area contributed by atoms with E-state index >= 15 is 0 Å². The van der Waals surface area contributed by atoms with Crippen LogP contribution in [0.1, 0.15) is 61.2 Å². The van der Waals surface area contributed by atoms with Gasteiger partial charge in [-0.2, -0.15) is 0 Å². The Hall–Kier alpha value is -1.20. The topological polar surface area (TPSA) is 34.0 Å². The van der Waals surface area contributed by atoms with Crippen molar-refractivity contribution < 1.29 is 0 Å². The van der Waals surface area contributed by atoms with Crippen LogP contribution < -0.4 is 0 Å². The lowest BCUT2D eigenvalue weighted by molar-refractivity contribution is 0.164. The normalized spacial score (nSPS) is 24.0. The van der Waals surface area contributed by atoms with Crippen molar-refractivity contribution in [1.82, 2.24) is 19.7 Å². The predicted molar refractivity (Wildman–Crippen MR) is 98.3 cm³/mol. The summed E-state index contributed by atoms with van der Waals surface area (Å²) in [6, 6.07) is 2.25. The second-order valence-corrected chi connectivity index (χ2v) is 8.65. The molecule has 1 saturated heterocycles. The van der Waals surface area contributed by atoms with E-state index in [9.17, 15) is 0 Å². The van der Waals surface area contributed by atoms with E-state index in [0.717, 1.165) is 19.6 Å². The van der Waals surface area contributed by atoms with Crippen LogP contribution in [0.4, 0.5) is 0 Å². The van der Waals surface area contributed by atoms with Gasteiger partial charge in [-0.15, -0.1) is 21.5 Å². The summed E-state index contributed by atoms with van der Waals surface area (Å²) in [6.45, 7) is 8.87. The van der Waals surface area contributed by atoms with Crippen LogP contribution in [-0.4, -0.2) is 32.8 Å². The Balaban J connectivity index is 1.62. The third-order valence-corrected chi connectivity index (χ3v) is 7.21. The fourth-order valence-corrected chi connectivity index (χ4v) is 5.80. The van der Waals surface area contributed by atoms with Gasteiger partial charge in [0.2, 0.25) is 0 Å². The van der Waals surface area contributed by atoms with Gasteiger partial charge in [-0.3, -0.25) is 4.90 Å². The van der Waals surface area contributed by atoms with Crippen molar-refractivity contribution >= 4 is 11.3 Å². The highest BCUT2D eigenvalue weighted by Gasteiger charge is 2.49. The summed E-state index contributed by atoms with van der Waals surface area (Å²) >= 11 is 1.90. The van der Waals surface area contributed by atoms with Gasteiger partial charge in [0, 0.05) is 37.0 Å². The molecule has 2 fully saturated rings. The molecular formula is C19H28N4S. The highest BCUT2D eigenvalue weighted by Crippen LogP contribution is 2.52. The fourth-order valence-electron chi connectivity index (χ4n) is 4.86. The number of aryl methyl sites for hydroxylation is 2. The number of nitrogens with zero attached hydrogens (tertiary/aromatic N) is 4. The maximum Gasteiger partial charge on any atom is 0.137 e. The molecule has 0 N–H and O–H groups in total. The lowest BCUT2D eigenvalue weighted by Crippen LogP contribution is -2.33. The first-order valence-electron chi connectivity index (χ1n) is 9.35. The van der Waals surface area contributed by atoms with Crippen LogP contribution in [0.25, 0.3) is 0 Å². The maximum atomic E-state index is 4.56. The zero-order valence-corrected chi connectivity index (χ0v) is 15.7. The summed E-state index contributed by atoms with van der Waals surface area (Å²) in [4.78, 5) is 4.21. The van der Waals surface area contributed by atoms with Crippen LogP contribution >= 0.6 is 11.3 Å². The van der Waals surface area contributed by atoms with E-state index in [0.29, 0.717) is 11.3 Å². The first kappa shape index (κ1) is 16.3. The Kier molecular flexibility index (Phi) is 4.48. The highest BCUT2D eigenvalue weighted by molar-refractivity contribution is 7.10. The van der Waals surface area contributed by atoms with Crippen molar-refractivity contribution in [3.8, 4) is 0 Å². The molecule has 0 radical (unpaired) electrons. The summed E-state index contributed by atoms with van der Waals surface area (Å²) in [5.41, 5.74) is 1.86. The van der Waals surface area contributed by atoms with Gasteiger partial charge < -0.3 is 4.57 Å². The van der Waals surface area contributed by atoms with Crippen LogP contribution in [0.2, 0.25) is 0 Å². The van der Waals surface area contributed by atoms with Gasteiger partial charge in [0.1, 0.15) is 12.2 Å². The van der Waals surface area contributed by atoms with Gasteiger partial charge in [0.05, 0.1) is 0 Å². The fraction of sp³-hybridized carbons (Fsp3) is 0.684. The molecule has 1 aliphatic heterocycles. The molecule has 4 nitrogen and oxygen atoms in total. The summed E-state index contributed by atoms with van der Waals surface area (Å²) in [5.74, 6) is 1.77. The Morgan fingerprint density at radius 2 is 2.12 bits per heavy atom. The smallest absolute Gasteiger partial charge is 0.137 e. The first-order valence-corrected chi connectivity index (χ1v) is 10.2. The molecule has 4 rings (SSSR count). The predicted octanol–water partition coefficient (Wildman–Crippen LogP) is 4.22. The van der Waals surface area contributed by atoms with Gasteiger partial charge in [-0.05, 0) is 49.1 Å². The standard InChI is InChI=1S/C19H28N4S/c1-3-23-14-20-21-18(23)16-11-22(12-17-15(2)7-10-24-17)13-19(16)8-5-4-6-9-19/h7,10,14,16H,3-6,8-9,11-13H2,1-2H3. The van der Waals surface area contributed by atoms with Gasteiger partial charge in [-0.25, -0.2) is 0 Å². The summed E-state index contributed by atoms with van der Waals surface area (Å²) < 4.78 is 2.26. The molecule has 130 valence electrons. The van der Waals surface area contributed by atoms with E-state index in [2.05, 4.69) is 45.0 Å². The van der Waals surface area contributed by atoms with Crippen molar-refractivity contribution in [3.05, 3.63) is 34.0 Å². The largest absolute Gasteiger partial charge is 0.318 e. The summed E-state index contributed by atoms with van der Waals surface area (Å²) in [7, 11) is 0. The molecule has 2 aliphatic rings. The third-order valence-electron chi connectivity index (χ3n) is 6.20. The number of likely N-dealkylation sites (tertiary alicyclic amines) is 1. The minimum Gasteiger partial charge on any atom is -0.318 e. The van der Waals surface area contributed by atoms with Crippen molar-refractivity contribution in [2.24, 2.45) is 5.41 Å². The van der Waals surface area contributed by atoms with Crippen molar-refractivity contribution in [2.45, 2.75) is 65.0 Å². The lowest BCUT2D eigenvalue weighted by atomic mass is 9.67. The van der Waals surface area contributed by atoms with Crippen LogP contribution in [-0.2, 0) is 13.1 Å². The second kappa shape index (κ2) is 6.60. The lowest BCUT2D eigenvalue weighted by Gasteiger charge is -2.38. The summed E-state index contributed by atoms with van der Waals surface area (Å²) in [5, 5.41) is 11.0. The van der Waals surface area contributed by atoms with Crippen LogP contribution in [0.3, 0.4) is 0 Å². The van der Waals surface area contributed by atoms with Crippen molar-refractivity contribution in [3.63, 3.8) is 0 Å². The summed E-state index contributed by atoms with van der Waals surface area (Å²) in [6.07, 6.45) is 8.78. The molecule has 0 aromatic carbocycles. The molecule has 24 heavy (non-hydrogen) atoms. The van der Waals surface area contributed by atoms with E-state index in [-0.39, 0.29) is 0 Å². The molecule has 1 atom stereocenters. The van der Waals surface area contributed by atoms with Gasteiger partial charge >= 0.3 is 0 Å². The Morgan fingerprint density at radius 3 is 2.83 bits per heavy atom. The molecule has 5 heteroatoms. The molecule has 1 saturated carbocycles. The van der Waals surface area contributed by atoms with Crippen LogP contribution in [0, 0.1) is 12.3 Å². The molecule has 1 spiro atoms. The number of thiophene rings is 1. The van der Waals surface area contributed by atoms with Crippen molar-refractivity contribution in [1.29, 1.82) is 0 Å². The SMILES string of the molecule is CCn1cnnc1C1CN(Cc2sccc2C)CC12CCCCC2. The number of hydrogen-bond donors (Lipinski definition) is 0. The van der Waals surface area contributed by atoms with Crippen LogP contribution in [0.5, 0.6) is 0 Å². The molecule has 2 aromatic rings. The maximum absolute atomic E-state index is 4.56. The van der Waals surface area contributed by atoms with Gasteiger partial charge in [-0.1, -0.05) is 19.3 Å². The quantitative estimate of drug-likeness (QED) is 0.833. The van der Waals surface area contributed by atoms with Gasteiger partial charge in [0.25, 0.3) is 0 Å². The van der Waals surface area contributed by atoms with E-state index in [4.69, 9.17) is 0 Å². The second-order valence-electron chi connectivity index (χ2n) is 7.65. The molecule has 2 aromatic heterocycles. The minimum absolute atomic E-state index is 0.420. The van der Waals surface area contributed by atoms with E-state index in [1.807, 2.05) is 17.7 Å². The molecule has 1 aliphatic carbocycles. The van der Waals surface area contributed by atoms with Crippen molar-refractivity contribution in [2.75, 3.05) is 13.1 Å². The minimum atomic E-state index is 0.420. The first-order chi connectivity index (χ1) is 11.7. The number of hydrogen-bond acceptors (Lipinski definition) is 4. The van der Waals surface area contributed by atoms with E-state index in [1.165, 1.54) is 54.9 Å². The van der Waals surface area contributed by atoms with E-state index in [1.54, 1.807) is 0 Å². The Bertz CT molecular complexity index is 683. The van der Waals surface area contributed by atoms with Crippen LogP contribution in [0.15, 0.2) is 17.8 Å². The molecule has 0 amide bonds. The zero-order valence-electron chi connectivity index (χ0n) is 14.9. The molecule has 3 heterocycles. The molecule has 1 unspecified atom stereocenters. The third kappa shape index (κ3) is 2.82. The Labute approximate surface area is 148 Å². The number of aromatic nitrogens is 3. The average molecular weight is 345 g/mol. The van der Waals surface area contributed by atoms with Gasteiger partial charge in [0.15, 0.2) is 0 Å². The highest BCUT2D eigenvalue weighted by atomic mass is 32.1. The zero-order chi connectivity index (χ0) is 16.6. The number of rotatable bonds is 4.